The van der Waals surface area contributed by atoms with Gasteiger partial charge in [0, 0.05) is 37.1 Å². The van der Waals surface area contributed by atoms with E-state index in [0.29, 0.717) is 25.1 Å². The maximum atomic E-state index is 13.1. The Hall–Kier alpha value is -2.80. The van der Waals surface area contributed by atoms with Crippen LogP contribution in [-0.4, -0.2) is 35.9 Å². The van der Waals surface area contributed by atoms with Crippen LogP contribution in [0.2, 0.25) is 0 Å². The summed E-state index contributed by atoms with van der Waals surface area (Å²) in [5.74, 6) is 0.383. The maximum absolute atomic E-state index is 13.1. The molecule has 0 aliphatic heterocycles. The van der Waals surface area contributed by atoms with Crippen molar-refractivity contribution in [2.24, 2.45) is 0 Å². The van der Waals surface area contributed by atoms with Crippen molar-refractivity contribution in [2.75, 3.05) is 20.3 Å². The van der Waals surface area contributed by atoms with Crippen molar-refractivity contribution in [3.05, 3.63) is 98.9 Å². The minimum Gasteiger partial charge on any atom is -0.385 e. The second kappa shape index (κ2) is 11.3. The van der Waals surface area contributed by atoms with Crippen LogP contribution in [0.5, 0.6) is 0 Å². The maximum Gasteiger partial charge on any atom is 0.262 e. The lowest BCUT2D eigenvalue weighted by atomic mass is 9.88. The number of aromatic nitrogens is 2. The van der Waals surface area contributed by atoms with Crippen LogP contribution >= 0.6 is 11.3 Å². The molecule has 0 amide bonds. The van der Waals surface area contributed by atoms with Gasteiger partial charge in [-0.25, -0.2) is 4.98 Å². The molecule has 1 atom stereocenters. The lowest BCUT2D eigenvalue weighted by Gasteiger charge is -2.25. The predicted molar refractivity (Wildman–Crippen MR) is 144 cm³/mol. The monoisotopic (exact) mass is 487 g/mol. The van der Waals surface area contributed by atoms with E-state index < -0.39 is 0 Å². The van der Waals surface area contributed by atoms with Crippen molar-refractivity contribution in [3.8, 4) is 0 Å². The van der Waals surface area contributed by atoms with Gasteiger partial charge in [-0.3, -0.25) is 9.36 Å². The molecule has 35 heavy (non-hydrogen) atoms. The number of rotatable bonds is 10. The van der Waals surface area contributed by atoms with Crippen LogP contribution in [0.25, 0.3) is 10.2 Å². The standard InChI is InChI=1S/C29H33N3O2S/c1-34-18-8-17-32-20-31-28-27(29(32)33)25-14-13-23(19-26(25)35-28)30-16-15-24(21-9-4-2-5-10-21)22-11-6-3-7-12-22/h2-7,9-12,20,23-24,30H,8,13-19H2,1H3/t23-/m1/s1. The third kappa shape index (κ3) is 5.40. The quantitative estimate of drug-likeness (QED) is 0.314. The SMILES string of the molecule is COCCCn1cnc2sc3c(c2c1=O)CC[C@@H](NCCC(c1ccccc1)c1ccccc1)C3. The first-order valence-electron chi connectivity index (χ1n) is 12.6. The largest absolute Gasteiger partial charge is 0.385 e. The highest BCUT2D eigenvalue weighted by Crippen LogP contribution is 2.34. The van der Waals surface area contributed by atoms with Gasteiger partial charge >= 0.3 is 0 Å². The van der Waals surface area contributed by atoms with E-state index in [1.807, 2.05) is 0 Å². The minimum absolute atomic E-state index is 0.101. The van der Waals surface area contributed by atoms with Crippen molar-refractivity contribution in [2.45, 2.75) is 50.6 Å². The molecule has 1 aliphatic carbocycles. The fourth-order valence-corrected chi connectivity index (χ4v) is 6.50. The molecule has 0 unspecified atom stereocenters. The third-order valence-corrected chi connectivity index (χ3v) is 8.22. The molecule has 0 fully saturated rings. The van der Waals surface area contributed by atoms with E-state index in [-0.39, 0.29) is 5.56 Å². The lowest BCUT2D eigenvalue weighted by molar-refractivity contribution is 0.190. The van der Waals surface area contributed by atoms with Gasteiger partial charge in [0.05, 0.1) is 11.7 Å². The molecule has 0 bridgehead atoms. The number of thiophene rings is 1. The lowest BCUT2D eigenvalue weighted by Crippen LogP contribution is -2.35. The molecule has 6 heteroatoms. The van der Waals surface area contributed by atoms with E-state index in [9.17, 15) is 4.79 Å². The van der Waals surface area contributed by atoms with Crippen molar-refractivity contribution < 1.29 is 4.74 Å². The number of aryl methyl sites for hydroxylation is 2. The minimum atomic E-state index is 0.101. The summed E-state index contributed by atoms with van der Waals surface area (Å²) in [7, 11) is 1.69. The van der Waals surface area contributed by atoms with Gasteiger partial charge in [-0.2, -0.15) is 0 Å². The first kappa shape index (κ1) is 23.9. The van der Waals surface area contributed by atoms with Crippen molar-refractivity contribution >= 4 is 21.6 Å². The summed E-state index contributed by atoms with van der Waals surface area (Å²) in [5, 5.41) is 4.67. The number of hydrogen-bond donors (Lipinski definition) is 1. The van der Waals surface area contributed by atoms with Crippen LogP contribution in [-0.2, 0) is 24.1 Å². The van der Waals surface area contributed by atoms with E-state index in [4.69, 9.17) is 4.74 Å². The zero-order valence-corrected chi connectivity index (χ0v) is 21.1. The second-order valence-electron chi connectivity index (χ2n) is 9.33. The number of fused-ring (bicyclic) bond motifs is 3. The number of nitrogens with one attached hydrogen (secondary N) is 1. The highest BCUT2D eigenvalue weighted by molar-refractivity contribution is 7.18. The van der Waals surface area contributed by atoms with Gasteiger partial charge in [0.1, 0.15) is 4.83 Å². The Labute approximate surface area is 210 Å². The van der Waals surface area contributed by atoms with Crippen molar-refractivity contribution in [1.82, 2.24) is 14.9 Å². The van der Waals surface area contributed by atoms with E-state index in [1.165, 1.54) is 21.6 Å². The number of benzene rings is 2. The van der Waals surface area contributed by atoms with Gasteiger partial charge in [-0.05, 0) is 55.3 Å². The Kier molecular flexibility index (Phi) is 7.72. The van der Waals surface area contributed by atoms with Crippen LogP contribution in [0.1, 0.15) is 46.7 Å². The average Bonchev–Trinajstić information content (AvgIpc) is 3.28. The molecule has 2 aromatic heterocycles. The highest BCUT2D eigenvalue weighted by atomic mass is 32.1. The fourth-order valence-electron chi connectivity index (χ4n) is 5.24. The predicted octanol–water partition coefficient (Wildman–Crippen LogP) is 5.16. The molecule has 5 nitrogen and oxygen atoms in total. The average molecular weight is 488 g/mol. The molecule has 2 aromatic carbocycles. The summed E-state index contributed by atoms with van der Waals surface area (Å²) in [5.41, 5.74) is 4.06. The van der Waals surface area contributed by atoms with Gasteiger partial charge in [0.15, 0.2) is 0 Å². The summed E-state index contributed by atoms with van der Waals surface area (Å²) in [6, 6.07) is 22.0. The molecule has 4 aromatic rings. The first-order chi connectivity index (χ1) is 17.2. The Balaban J connectivity index is 1.26. The molecular formula is C29H33N3O2S. The van der Waals surface area contributed by atoms with Crippen molar-refractivity contribution in [1.29, 1.82) is 0 Å². The molecule has 2 heterocycles. The van der Waals surface area contributed by atoms with E-state index in [0.717, 1.165) is 48.9 Å². The molecule has 1 N–H and O–H groups in total. The first-order valence-corrected chi connectivity index (χ1v) is 13.4. The molecule has 5 rings (SSSR count). The smallest absolute Gasteiger partial charge is 0.262 e. The van der Waals surface area contributed by atoms with Crippen LogP contribution in [0.4, 0.5) is 0 Å². The highest BCUT2D eigenvalue weighted by Gasteiger charge is 2.25. The van der Waals surface area contributed by atoms with E-state index >= 15 is 0 Å². The summed E-state index contributed by atoms with van der Waals surface area (Å²) in [6.07, 6.45) is 6.53. The molecule has 0 saturated heterocycles. The third-order valence-electron chi connectivity index (χ3n) is 7.05. The van der Waals surface area contributed by atoms with Gasteiger partial charge in [0.25, 0.3) is 5.56 Å². The Bertz CT molecular complexity index is 1260. The number of ether oxygens (including phenoxy) is 1. The second-order valence-corrected chi connectivity index (χ2v) is 10.4. The molecular weight excluding hydrogens is 454 g/mol. The van der Waals surface area contributed by atoms with Crippen LogP contribution in [0.3, 0.4) is 0 Å². The van der Waals surface area contributed by atoms with Crippen LogP contribution in [0, 0.1) is 0 Å². The van der Waals surface area contributed by atoms with Gasteiger partial charge in [-0.15, -0.1) is 11.3 Å². The number of methoxy groups -OCH3 is 1. The molecule has 182 valence electrons. The van der Waals surface area contributed by atoms with Crippen molar-refractivity contribution in [3.63, 3.8) is 0 Å². The number of hydrogen-bond acceptors (Lipinski definition) is 5. The van der Waals surface area contributed by atoms with Gasteiger partial charge in [-0.1, -0.05) is 60.7 Å². The van der Waals surface area contributed by atoms with E-state index in [2.05, 4.69) is 71.0 Å². The summed E-state index contributed by atoms with van der Waals surface area (Å²) < 4.78 is 6.88. The molecule has 0 radical (unpaired) electrons. The zero-order valence-electron chi connectivity index (χ0n) is 20.3. The Morgan fingerprint density at radius 2 is 1.83 bits per heavy atom. The summed E-state index contributed by atoms with van der Waals surface area (Å²) in [6.45, 7) is 2.26. The normalized spacial score (nSPS) is 15.5. The Morgan fingerprint density at radius 3 is 2.51 bits per heavy atom. The van der Waals surface area contributed by atoms with Gasteiger partial charge in [0.2, 0.25) is 0 Å². The van der Waals surface area contributed by atoms with Gasteiger partial charge < -0.3 is 10.1 Å². The summed E-state index contributed by atoms with van der Waals surface area (Å²) >= 11 is 1.70. The molecule has 0 spiro atoms. The summed E-state index contributed by atoms with van der Waals surface area (Å²) in [4.78, 5) is 20.0. The topological polar surface area (TPSA) is 56.2 Å². The van der Waals surface area contributed by atoms with Crippen LogP contribution in [0.15, 0.2) is 71.8 Å². The zero-order chi connectivity index (χ0) is 24.0. The van der Waals surface area contributed by atoms with Crippen LogP contribution < -0.4 is 10.9 Å². The number of nitrogens with zero attached hydrogens (tertiary/aromatic N) is 2. The van der Waals surface area contributed by atoms with E-state index in [1.54, 1.807) is 29.3 Å². The molecule has 0 saturated carbocycles. The Morgan fingerprint density at radius 1 is 1.11 bits per heavy atom. The molecule has 1 aliphatic rings. The fraction of sp³-hybridized carbons (Fsp3) is 0.379.